The van der Waals surface area contributed by atoms with Gasteiger partial charge in [0, 0.05) is 27.9 Å². The fourth-order valence-corrected chi connectivity index (χ4v) is 5.40. The van der Waals surface area contributed by atoms with Gasteiger partial charge in [0.05, 0.1) is 12.2 Å². The van der Waals surface area contributed by atoms with Gasteiger partial charge in [-0.25, -0.2) is 0 Å². The summed E-state index contributed by atoms with van der Waals surface area (Å²) in [5, 5.41) is 2.93. The largest absolute Gasteiger partial charge is 0.493 e. The average Bonchev–Trinajstić information content (AvgIpc) is 3.17. The maximum Gasteiger partial charge on any atom is 0.259 e. The van der Waals surface area contributed by atoms with Gasteiger partial charge in [-0.05, 0) is 35.9 Å². The van der Waals surface area contributed by atoms with Gasteiger partial charge in [0.2, 0.25) is 0 Å². The highest BCUT2D eigenvalue weighted by Gasteiger charge is 2.34. The molecule has 28 heavy (non-hydrogen) atoms. The molecule has 0 N–H and O–H groups in total. The predicted octanol–water partition coefficient (Wildman–Crippen LogP) is 6.43. The monoisotopic (exact) mass is 431 g/mol. The van der Waals surface area contributed by atoms with Gasteiger partial charge in [-0.3, -0.25) is 4.79 Å². The topological polar surface area (TPSA) is 29.5 Å². The first kappa shape index (κ1) is 19.4. The molecule has 0 saturated carbocycles. The smallest absolute Gasteiger partial charge is 0.259 e. The highest BCUT2D eigenvalue weighted by atomic mass is 35.5. The van der Waals surface area contributed by atoms with E-state index in [9.17, 15) is 4.79 Å². The third kappa shape index (κ3) is 3.57. The van der Waals surface area contributed by atoms with E-state index in [1.54, 1.807) is 17.8 Å². The van der Waals surface area contributed by atoms with Crippen LogP contribution < -0.4 is 4.74 Å². The van der Waals surface area contributed by atoms with E-state index in [2.05, 4.69) is 0 Å². The molecule has 1 unspecified atom stereocenters. The minimum atomic E-state index is -0.147. The molecule has 1 amide bonds. The Morgan fingerprint density at radius 3 is 2.79 bits per heavy atom. The number of hydrogen-bond acceptors (Lipinski definition) is 3. The second-order valence-corrected chi connectivity index (χ2v) is 8.51. The molecule has 0 radical (unpaired) electrons. The summed E-state index contributed by atoms with van der Waals surface area (Å²) in [6, 6.07) is 17.2. The Labute approximate surface area is 178 Å². The Balaban J connectivity index is 1.79. The Hall–Kier alpha value is -1.88. The second kappa shape index (κ2) is 8.24. The Morgan fingerprint density at radius 2 is 2.00 bits per heavy atom. The molecule has 6 heteroatoms. The third-order valence-electron chi connectivity index (χ3n) is 4.78. The summed E-state index contributed by atoms with van der Waals surface area (Å²) in [5.41, 5.74) is 1.51. The maximum atomic E-state index is 13.7. The van der Waals surface area contributed by atoms with Gasteiger partial charge in [-0.2, -0.15) is 0 Å². The zero-order valence-corrected chi connectivity index (χ0v) is 17.7. The molecular formula is C22H19Cl2NO2S. The van der Waals surface area contributed by atoms with Gasteiger partial charge in [-0.15, -0.1) is 11.8 Å². The van der Waals surface area contributed by atoms with Crippen LogP contribution in [0.25, 0.3) is 10.8 Å². The molecule has 0 bridgehead atoms. The number of carbonyl (C=O) groups is 1. The van der Waals surface area contributed by atoms with Crippen molar-refractivity contribution in [2.75, 3.05) is 18.9 Å². The van der Waals surface area contributed by atoms with E-state index in [1.165, 1.54) is 0 Å². The number of carbonyl (C=O) groups excluding carboxylic acids is 1. The lowest BCUT2D eigenvalue weighted by Crippen LogP contribution is -2.31. The van der Waals surface area contributed by atoms with Crippen molar-refractivity contribution in [1.82, 2.24) is 4.90 Å². The molecule has 144 valence electrons. The summed E-state index contributed by atoms with van der Waals surface area (Å²) >= 11 is 14.2. The molecule has 1 fully saturated rings. The standard InChI is InChI=1S/C22H19Cl2NO2S/c1-2-27-19-10-7-14-5-3-4-6-16(14)20(19)21(26)25-11-12-28-22(25)17-9-8-15(23)13-18(17)24/h3-10,13,22H,2,11-12H2,1H3. The SMILES string of the molecule is CCOc1ccc2ccccc2c1C(=O)N1CCSC1c1ccc(Cl)cc1Cl. The number of nitrogens with zero attached hydrogens (tertiary/aromatic N) is 1. The quantitative estimate of drug-likeness (QED) is 0.476. The van der Waals surface area contributed by atoms with Crippen LogP contribution in [0.4, 0.5) is 0 Å². The lowest BCUT2D eigenvalue weighted by Gasteiger charge is -2.26. The van der Waals surface area contributed by atoms with Crippen molar-refractivity contribution < 1.29 is 9.53 Å². The molecule has 0 aromatic heterocycles. The van der Waals surface area contributed by atoms with Gasteiger partial charge >= 0.3 is 0 Å². The van der Waals surface area contributed by atoms with Crippen molar-refractivity contribution in [1.29, 1.82) is 0 Å². The number of fused-ring (bicyclic) bond motifs is 1. The summed E-state index contributed by atoms with van der Waals surface area (Å²) < 4.78 is 5.81. The normalized spacial score (nSPS) is 16.5. The summed E-state index contributed by atoms with van der Waals surface area (Å²) in [4.78, 5) is 15.6. The molecule has 3 aromatic rings. The van der Waals surface area contributed by atoms with E-state index in [4.69, 9.17) is 27.9 Å². The zero-order valence-electron chi connectivity index (χ0n) is 15.3. The van der Waals surface area contributed by atoms with Crippen LogP contribution in [0.5, 0.6) is 5.75 Å². The molecule has 3 nitrogen and oxygen atoms in total. The van der Waals surface area contributed by atoms with E-state index >= 15 is 0 Å². The molecule has 1 aliphatic heterocycles. The van der Waals surface area contributed by atoms with Crippen LogP contribution in [0, 0.1) is 0 Å². The highest BCUT2D eigenvalue weighted by molar-refractivity contribution is 7.99. The minimum absolute atomic E-state index is 0.0405. The van der Waals surface area contributed by atoms with Gasteiger partial charge in [0.1, 0.15) is 11.1 Å². The van der Waals surface area contributed by atoms with Crippen molar-refractivity contribution in [2.45, 2.75) is 12.3 Å². The minimum Gasteiger partial charge on any atom is -0.493 e. The van der Waals surface area contributed by atoms with E-state index in [0.29, 0.717) is 34.5 Å². The first-order chi connectivity index (χ1) is 13.6. The van der Waals surface area contributed by atoms with Crippen LogP contribution in [-0.4, -0.2) is 29.7 Å². The molecule has 0 aliphatic carbocycles. The molecule has 3 aromatic carbocycles. The van der Waals surface area contributed by atoms with Crippen molar-refractivity contribution in [3.63, 3.8) is 0 Å². The lowest BCUT2D eigenvalue weighted by atomic mass is 10.0. The summed E-state index contributed by atoms with van der Waals surface area (Å²) in [7, 11) is 0. The predicted molar refractivity (Wildman–Crippen MR) is 118 cm³/mol. The fourth-order valence-electron chi connectivity index (χ4n) is 3.53. The summed E-state index contributed by atoms with van der Waals surface area (Å²) in [5.74, 6) is 1.43. The number of amides is 1. The highest BCUT2D eigenvalue weighted by Crippen LogP contribution is 2.43. The molecule has 1 aliphatic rings. The molecule has 1 atom stereocenters. The van der Waals surface area contributed by atoms with E-state index in [-0.39, 0.29) is 11.3 Å². The Bertz CT molecular complexity index is 1040. The van der Waals surface area contributed by atoms with Gasteiger partial charge in [0.15, 0.2) is 0 Å². The Morgan fingerprint density at radius 1 is 1.18 bits per heavy atom. The van der Waals surface area contributed by atoms with Crippen LogP contribution in [-0.2, 0) is 0 Å². The van der Waals surface area contributed by atoms with Crippen LogP contribution in [0.3, 0.4) is 0 Å². The van der Waals surface area contributed by atoms with Gasteiger partial charge in [0.25, 0.3) is 5.91 Å². The zero-order chi connectivity index (χ0) is 19.7. The van der Waals surface area contributed by atoms with Crippen molar-refractivity contribution in [2.24, 2.45) is 0 Å². The Kier molecular flexibility index (Phi) is 5.72. The van der Waals surface area contributed by atoms with E-state index in [1.807, 2.05) is 60.4 Å². The molecule has 1 saturated heterocycles. The van der Waals surface area contributed by atoms with Crippen LogP contribution in [0.2, 0.25) is 10.0 Å². The number of thioether (sulfide) groups is 1. The first-order valence-corrected chi connectivity index (χ1v) is 10.9. The molecule has 4 rings (SSSR count). The van der Waals surface area contributed by atoms with E-state index in [0.717, 1.165) is 22.1 Å². The van der Waals surface area contributed by atoms with Crippen molar-refractivity contribution in [3.8, 4) is 5.75 Å². The maximum absolute atomic E-state index is 13.7. The summed E-state index contributed by atoms with van der Waals surface area (Å²) in [6.07, 6.45) is 0. The van der Waals surface area contributed by atoms with Crippen LogP contribution in [0.1, 0.15) is 28.2 Å². The van der Waals surface area contributed by atoms with E-state index < -0.39 is 0 Å². The molecular weight excluding hydrogens is 413 g/mol. The number of ether oxygens (including phenoxy) is 1. The number of hydrogen-bond donors (Lipinski definition) is 0. The van der Waals surface area contributed by atoms with Gasteiger partial charge < -0.3 is 9.64 Å². The van der Waals surface area contributed by atoms with Crippen LogP contribution >= 0.6 is 35.0 Å². The lowest BCUT2D eigenvalue weighted by molar-refractivity contribution is 0.0758. The van der Waals surface area contributed by atoms with Gasteiger partial charge in [-0.1, -0.05) is 59.6 Å². The average molecular weight is 432 g/mol. The molecule has 1 heterocycles. The second-order valence-electron chi connectivity index (χ2n) is 6.48. The number of rotatable bonds is 4. The first-order valence-electron chi connectivity index (χ1n) is 9.12. The summed E-state index contributed by atoms with van der Waals surface area (Å²) in [6.45, 7) is 3.08. The van der Waals surface area contributed by atoms with Crippen molar-refractivity contribution >= 4 is 51.6 Å². The number of halogens is 2. The third-order valence-corrected chi connectivity index (χ3v) is 6.59. The van der Waals surface area contributed by atoms with Crippen molar-refractivity contribution in [3.05, 3.63) is 75.8 Å². The number of benzene rings is 3. The molecule has 0 spiro atoms. The fraction of sp³-hybridized carbons (Fsp3) is 0.227. The van der Waals surface area contributed by atoms with Crippen LogP contribution in [0.15, 0.2) is 54.6 Å².